The van der Waals surface area contributed by atoms with Crippen molar-refractivity contribution in [3.8, 4) is 0 Å². The van der Waals surface area contributed by atoms with Crippen LogP contribution < -0.4 is 5.32 Å². The highest BCUT2D eigenvalue weighted by molar-refractivity contribution is 7.14. The summed E-state index contributed by atoms with van der Waals surface area (Å²) in [6, 6.07) is 0. The van der Waals surface area contributed by atoms with E-state index in [4.69, 9.17) is 9.47 Å². The highest BCUT2D eigenvalue weighted by Gasteiger charge is 2.15. The Bertz CT molecular complexity index is 642. The van der Waals surface area contributed by atoms with E-state index >= 15 is 0 Å². The SMILES string of the molecule is COC1=CC=C(c2csc(NC(=O)C(C)C)n2)CC(OC)=C1. The molecule has 0 saturated carbocycles. The minimum absolute atomic E-state index is 0.0326. The van der Waals surface area contributed by atoms with Gasteiger partial charge in [0.1, 0.15) is 11.5 Å². The summed E-state index contributed by atoms with van der Waals surface area (Å²) >= 11 is 1.42. The van der Waals surface area contributed by atoms with E-state index in [1.807, 2.05) is 37.5 Å². The Hall–Kier alpha value is -2.08. The van der Waals surface area contributed by atoms with Crippen molar-refractivity contribution in [2.24, 2.45) is 5.92 Å². The molecule has 1 N–H and O–H groups in total. The number of carbonyl (C=O) groups excluding carboxylic acids is 1. The van der Waals surface area contributed by atoms with E-state index in [0.29, 0.717) is 11.6 Å². The first kappa shape index (κ1) is 16.3. The number of ether oxygens (including phenoxy) is 2. The smallest absolute Gasteiger partial charge is 0.228 e. The topological polar surface area (TPSA) is 60.5 Å². The average Bonchev–Trinajstić information content (AvgIpc) is 2.85. The molecule has 0 bridgehead atoms. The summed E-state index contributed by atoms with van der Waals surface area (Å²) in [6.07, 6.45) is 6.33. The molecule has 2 rings (SSSR count). The monoisotopic (exact) mass is 320 g/mol. The van der Waals surface area contributed by atoms with Gasteiger partial charge in [0, 0.05) is 23.8 Å². The number of anilines is 1. The van der Waals surface area contributed by atoms with Crippen LogP contribution in [-0.4, -0.2) is 25.1 Å². The van der Waals surface area contributed by atoms with Gasteiger partial charge in [0.15, 0.2) is 5.13 Å². The first-order valence-electron chi connectivity index (χ1n) is 6.99. The van der Waals surface area contributed by atoms with Crippen molar-refractivity contribution in [2.45, 2.75) is 20.3 Å². The standard InChI is InChI=1S/C16H20N2O3S/c1-10(2)15(19)18-16-17-14(9-22-16)11-5-6-12(20-3)8-13(7-11)21-4/h5-6,8-10H,7H2,1-4H3,(H,17,18,19). The van der Waals surface area contributed by atoms with E-state index in [0.717, 1.165) is 22.8 Å². The van der Waals surface area contributed by atoms with Gasteiger partial charge in [0.2, 0.25) is 5.91 Å². The lowest BCUT2D eigenvalue weighted by molar-refractivity contribution is -0.118. The number of hydrogen-bond donors (Lipinski definition) is 1. The van der Waals surface area contributed by atoms with Gasteiger partial charge in [-0.05, 0) is 11.6 Å². The number of aromatic nitrogens is 1. The molecule has 1 amide bonds. The Balaban J connectivity index is 2.20. The highest BCUT2D eigenvalue weighted by Crippen LogP contribution is 2.29. The van der Waals surface area contributed by atoms with Gasteiger partial charge in [-0.15, -0.1) is 11.3 Å². The van der Waals surface area contributed by atoms with Crippen molar-refractivity contribution in [1.29, 1.82) is 0 Å². The Kier molecular flexibility index (Phi) is 5.38. The zero-order valence-corrected chi connectivity index (χ0v) is 14.0. The molecule has 22 heavy (non-hydrogen) atoms. The summed E-state index contributed by atoms with van der Waals surface area (Å²) in [6.45, 7) is 3.70. The summed E-state index contributed by atoms with van der Waals surface area (Å²) in [7, 11) is 3.26. The molecule has 1 heterocycles. The van der Waals surface area contributed by atoms with Crippen LogP contribution >= 0.6 is 11.3 Å². The number of allylic oxidation sites excluding steroid dienone is 4. The molecule has 1 aliphatic carbocycles. The zero-order valence-electron chi connectivity index (χ0n) is 13.2. The van der Waals surface area contributed by atoms with Gasteiger partial charge in [-0.3, -0.25) is 4.79 Å². The Morgan fingerprint density at radius 1 is 1.32 bits per heavy atom. The van der Waals surface area contributed by atoms with Crippen LogP contribution in [0.15, 0.2) is 35.1 Å². The predicted octanol–water partition coefficient (Wildman–Crippen LogP) is 3.59. The Morgan fingerprint density at radius 3 is 2.73 bits per heavy atom. The molecule has 0 saturated heterocycles. The number of amides is 1. The van der Waals surface area contributed by atoms with Gasteiger partial charge in [-0.1, -0.05) is 19.9 Å². The fraction of sp³-hybridized carbons (Fsp3) is 0.375. The number of thiazole rings is 1. The molecule has 1 aliphatic rings. The summed E-state index contributed by atoms with van der Waals surface area (Å²) in [4.78, 5) is 16.2. The van der Waals surface area contributed by atoms with Crippen molar-refractivity contribution < 1.29 is 14.3 Å². The third kappa shape index (κ3) is 3.98. The van der Waals surface area contributed by atoms with E-state index in [9.17, 15) is 4.79 Å². The maximum Gasteiger partial charge on any atom is 0.228 e. The first-order chi connectivity index (χ1) is 10.5. The molecular weight excluding hydrogens is 300 g/mol. The molecule has 0 spiro atoms. The number of nitrogens with one attached hydrogen (secondary N) is 1. The van der Waals surface area contributed by atoms with Crippen molar-refractivity contribution in [2.75, 3.05) is 19.5 Å². The van der Waals surface area contributed by atoms with E-state index in [-0.39, 0.29) is 11.8 Å². The lowest BCUT2D eigenvalue weighted by Gasteiger charge is -2.07. The third-order valence-corrected chi connectivity index (χ3v) is 3.96. The molecule has 0 unspecified atom stereocenters. The van der Waals surface area contributed by atoms with Crippen LogP contribution in [0.5, 0.6) is 0 Å². The second kappa shape index (κ2) is 7.26. The lowest BCUT2D eigenvalue weighted by Crippen LogP contribution is -2.17. The van der Waals surface area contributed by atoms with Crippen molar-refractivity contribution in [1.82, 2.24) is 4.98 Å². The van der Waals surface area contributed by atoms with E-state index in [2.05, 4.69) is 10.3 Å². The van der Waals surface area contributed by atoms with Gasteiger partial charge < -0.3 is 14.8 Å². The minimum atomic E-state index is -0.0698. The molecule has 6 heteroatoms. The molecule has 0 radical (unpaired) electrons. The van der Waals surface area contributed by atoms with Crippen LogP contribution in [0.4, 0.5) is 5.13 Å². The minimum Gasteiger partial charge on any atom is -0.501 e. The Morgan fingerprint density at radius 2 is 2.09 bits per heavy atom. The molecule has 1 aromatic rings. The van der Waals surface area contributed by atoms with Crippen molar-refractivity contribution in [3.63, 3.8) is 0 Å². The van der Waals surface area contributed by atoms with Crippen molar-refractivity contribution in [3.05, 3.63) is 40.8 Å². The summed E-state index contributed by atoms with van der Waals surface area (Å²) in [5, 5.41) is 5.36. The van der Waals surface area contributed by atoms with Crippen molar-refractivity contribution >= 4 is 27.9 Å². The molecule has 0 atom stereocenters. The maximum absolute atomic E-state index is 11.7. The van der Waals surface area contributed by atoms with Gasteiger partial charge >= 0.3 is 0 Å². The second-order valence-electron chi connectivity index (χ2n) is 5.14. The average molecular weight is 320 g/mol. The molecule has 1 aromatic heterocycles. The Labute approximate surface area is 134 Å². The number of methoxy groups -OCH3 is 2. The largest absolute Gasteiger partial charge is 0.501 e. The number of hydrogen-bond acceptors (Lipinski definition) is 5. The van der Waals surface area contributed by atoms with E-state index < -0.39 is 0 Å². The summed E-state index contributed by atoms with van der Waals surface area (Å²) in [5.74, 6) is 1.43. The molecule has 0 fully saturated rings. The fourth-order valence-corrected chi connectivity index (χ4v) is 2.59. The van der Waals surface area contributed by atoms with Crippen LogP contribution in [0.25, 0.3) is 5.57 Å². The normalized spacial score (nSPS) is 14.7. The van der Waals surface area contributed by atoms with Crippen LogP contribution in [0.3, 0.4) is 0 Å². The third-order valence-electron chi connectivity index (χ3n) is 3.20. The number of carbonyl (C=O) groups is 1. The van der Waals surface area contributed by atoms with Gasteiger partial charge in [0.25, 0.3) is 0 Å². The predicted molar refractivity (Wildman–Crippen MR) is 88.4 cm³/mol. The molecule has 118 valence electrons. The van der Waals surface area contributed by atoms with E-state index in [1.165, 1.54) is 11.3 Å². The summed E-state index contributed by atoms with van der Waals surface area (Å²) < 4.78 is 10.6. The van der Waals surface area contributed by atoms with Gasteiger partial charge in [-0.2, -0.15) is 0 Å². The quantitative estimate of drug-likeness (QED) is 0.901. The molecule has 5 nitrogen and oxygen atoms in total. The zero-order chi connectivity index (χ0) is 16.1. The number of nitrogens with zero attached hydrogens (tertiary/aromatic N) is 1. The van der Waals surface area contributed by atoms with Gasteiger partial charge in [-0.25, -0.2) is 4.98 Å². The second-order valence-corrected chi connectivity index (χ2v) is 6.00. The van der Waals surface area contributed by atoms with Gasteiger partial charge in [0.05, 0.1) is 19.9 Å². The molecule has 0 aliphatic heterocycles. The van der Waals surface area contributed by atoms with Crippen LogP contribution in [0, 0.1) is 5.92 Å². The summed E-state index contributed by atoms with van der Waals surface area (Å²) in [5.41, 5.74) is 1.85. The molecular formula is C16H20N2O3S. The van der Waals surface area contributed by atoms with Crippen LogP contribution in [-0.2, 0) is 14.3 Å². The van der Waals surface area contributed by atoms with Crippen LogP contribution in [0.2, 0.25) is 0 Å². The molecule has 0 aromatic carbocycles. The maximum atomic E-state index is 11.7. The van der Waals surface area contributed by atoms with E-state index in [1.54, 1.807) is 14.2 Å². The first-order valence-corrected chi connectivity index (χ1v) is 7.87. The van der Waals surface area contributed by atoms with Crippen LogP contribution in [0.1, 0.15) is 26.0 Å². The fourth-order valence-electron chi connectivity index (χ4n) is 1.85. The number of rotatable bonds is 5. The highest BCUT2D eigenvalue weighted by atomic mass is 32.1. The lowest BCUT2D eigenvalue weighted by atomic mass is 10.1.